The van der Waals surface area contributed by atoms with Crippen LogP contribution in [-0.4, -0.2) is 43.8 Å². The Kier molecular flexibility index (Phi) is 5.47. The van der Waals surface area contributed by atoms with Crippen molar-refractivity contribution in [2.45, 2.75) is 6.04 Å². The van der Waals surface area contributed by atoms with Gasteiger partial charge < -0.3 is 15.3 Å². The number of aliphatic hydroxyl groups excluding tert-OH is 1. The van der Waals surface area contributed by atoms with E-state index in [0.717, 1.165) is 18.7 Å². The van der Waals surface area contributed by atoms with E-state index in [2.05, 4.69) is 5.32 Å². The van der Waals surface area contributed by atoms with Crippen molar-refractivity contribution in [2.24, 2.45) is 0 Å². The number of nitrogens with zero attached hydrogens (tertiary/aromatic N) is 1. The Balaban J connectivity index is 2.62. The summed E-state index contributed by atoms with van der Waals surface area (Å²) in [5.41, 5.74) is 0.546. The van der Waals surface area contributed by atoms with Gasteiger partial charge in [-0.05, 0) is 31.8 Å². The summed E-state index contributed by atoms with van der Waals surface area (Å²) in [5.74, 6) is -1.77. The second kappa shape index (κ2) is 6.64. The van der Waals surface area contributed by atoms with Crippen LogP contribution in [0.3, 0.4) is 0 Å². The number of nitrogens with one attached hydrogen (secondary N) is 1. The van der Waals surface area contributed by atoms with E-state index < -0.39 is 11.6 Å². The number of hydrogen-bond donors (Lipinski definition) is 2. The fourth-order valence-corrected chi connectivity index (χ4v) is 1.48. The van der Waals surface area contributed by atoms with E-state index in [1.54, 1.807) is 0 Å². The van der Waals surface area contributed by atoms with Gasteiger partial charge in [-0.1, -0.05) is 6.07 Å². The molecule has 1 aromatic rings. The molecule has 1 aromatic carbocycles. The van der Waals surface area contributed by atoms with Gasteiger partial charge in [0.25, 0.3) is 0 Å². The van der Waals surface area contributed by atoms with Crippen LogP contribution in [0.5, 0.6) is 0 Å². The minimum absolute atomic E-state index is 0.154. The van der Waals surface area contributed by atoms with Gasteiger partial charge in [0.1, 0.15) is 0 Å². The van der Waals surface area contributed by atoms with E-state index in [1.165, 1.54) is 6.07 Å². The highest BCUT2D eigenvalue weighted by atomic mass is 19.2. The molecular formula is C12H18F2N2O. The number of halogens is 2. The molecule has 1 unspecified atom stereocenters. The van der Waals surface area contributed by atoms with Gasteiger partial charge in [-0.3, -0.25) is 0 Å². The molecule has 0 aliphatic rings. The number of benzene rings is 1. The highest BCUT2D eigenvalue weighted by Gasteiger charge is 2.12. The van der Waals surface area contributed by atoms with Crippen molar-refractivity contribution in [1.82, 2.24) is 10.2 Å². The molecular weight excluding hydrogens is 226 g/mol. The Hall–Kier alpha value is -1.04. The standard InChI is InChI=1S/C12H18F2N2O/c1-16(2)6-5-15-12(8-17)9-3-4-10(13)11(14)7-9/h3-4,7,12,15,17H,5-6,8H2,1-2H3. The minimum Gasteiger partial charge on any atom is -0.394 e. The molecule has 1 atom stereocenters. The van der Waals surface area contributed by atoms with Crippen molar-refractivity contribution in [3.63, 3.8) is 0 Å². The Bertz CT molecular complexity index is 358. The van der Waals surface area contributed by atoms with Crippen LogP contribution in [0.1, 0.15) is 11.6 Å². The molecule has 96 valence electrons. The van der Waals surface area contributed by atoms with Crippen LogP contribution in [0.4, 0.5) is 8.78 Å². The molecule has 0 heterocycles. The highest BCUT2D eigenvalue weighted by Crippen LogP contribution is 2.15. The molecule has 0 bridgehead atoms. The Morgan fingerprint density at radius 3 is 2.53 bits per heavy atom. The molecule has 0 aliphatic carbocycles. The molecule has 0 aromatic heterocycles. The maximum Gasteiger partial charge on any atom is 0.159 e. The van der Waals surface area contributed by atoms with E-state index in [-0.39, 0.29) is 12.6 Å². The number of rotatable bonds is 6. The van der Waals surface area contributed by atoms with E-state index in [1.807, 2.05) is 19.0 Å². The second-order valence-corrected chi connectivity index (χ2v) is 4.17. The van der Waals surface area contributed by atoms with Gasteiger partial charge in [-0.25, -0.2) is 8.78 Å². The third kappa shape index (κ3) is 4.38. The van der Waals surface area contributed by atoms with Gasteiger partial charge >= 0.3 is 0 Å². The van der Waals surface area contributed by atoms with Gasteiger partial charge in [0.15, 0.2) is 11.6 Å². The Labute approximate surface area is 100 Å². The van der Waals surface area contributed by atoms with Crippen LogP contribution < -0.4 is 5.32 Å². The van der Waals surface area contributed by atoms with Crippen LogP contribution in [0, 0.1) is 11.6 Å². The second-order valence-electron chi connectivity index (χ2n) is 4.17. The smallest absolute Gasteiger partial charge is 0.159 e. The topological polar surface area (TPSA) is 35.5 Å². The number of hydrogen-bond acceptors (Lipinski definition) is 3. The van der Waals surface area contributed by atoms with Gasteiger partial charge in [-0.2, -0.15) is 0 Å². The van der Waals surface area contributed by atoms with Gasteiger partial charge in [-0.15, -0.1) is 0 Å². The van der Waals surface area contributed by atoms with Crippen molar-refractivity contribution in [3.8, 4) is 0 Å². The first kappa shape index (κ1) is 14.0. The zero-order chi connectivity index (χ0) is 12.8. The average molecular weight is 244 g/mol. The summed E-state index contributed by atoms with van der Waals surface area (Å²) in [6.45, 7) is 1.32. The maximum atomic E-state index is 13.0. The largest absolute Gasteiger partial charge is 0.394 e. The Morgan fingerprint density at radius 1 is 1.29 bits per heavy atom. The summed E-state index contributed by atoms with van der Waals surface area (Å²) < 4.78 is 25.8. The minimum atomic E-state index is -0.893. The lowest BCUT2D eigenvalue weighted by Crippen LogP contribution is -2.31. The normalized spacial score (nSPS) is 13.1. The van der Waals surface area contributed by atoms with Crippen molar-refractivity contribution in [3.05, 3.63) is 35.4 Å². The molecule has 0 fully saturated rings. The number of aliphatic hydroxyl groups is 1. The zero-order valence-electron chi connectivity index (χ0n) is 10.1. The van der Waals surface area contributed by atoms with Crippen molar-refractivity contribution < 1.29 is 13.9 Å². The molecule has 0 saturated heterocycles. The third-order valence-electron chi connectivity index (χ3n) is 2.48. The maximum absolute atomic E-state index is 13.0. The van der Waals surface area contributed by atoms with E-state index in [0.29, 0.717) is 12.1 Å². The molecule has 0 amide bonds. The predicted octanol–water partition coefficient (Wildman–Crippen LogP) is 1.15. The summed E-state index contributed by atoms with van der Waals surface area (Å²) in [6, 6.07) is 3.28. The molecule has 1 rings (SSSR count). The summed E-state index contributed by atoms with van der Waals surface area (Å²) in [7, 11) is 3.88. The van der Waals surface area contributed by atoms with E-state index >= 15 is 0 Å². The summed E-state index contributed by atoms with van der Waals surface area (Å²) in [5, 5.41) is 12.3. The quantitative estimate of drug-likeness (QED) is 0.788. The van der Waals surface area contributed by atoms with E-state index in [4.69, 9.17) is 0 Å². The summed E-state index contributed by atoms with van der Waals surface area (Å²) in [6.07, 6.45) is 0. The first-order valence-electron chi connectivity index (χ1n) is 5.48. The third-order valence-corrected chi connectivity index (χ3v) is 2.48. The first-order valence-corrected chi connectivity index (χ1v) is 5.48. The molecule has 0 spiro atoms. The van der Waals surface area contributed by atoms with Crippen molar-refractivity contribution >= 4 is 0 Å². The van der Waals surface area contributed by atoms with Crippen LogP contribution >= 0.6 is 0 Å². The fourth-order valence-electron chi connectivity index (χ4n) is 1.48. The molecule has 0 aliphatic heterocycles. The lowest BCUT2D eigenvalue weighted by Gasteiger charge is -2.18. The molecule has 17 heavy (non-hydrogen) atoms. The van der Waals surface area contributed by atoms with Crippen molar-refractivity contribution in [1.29, 1.82) is 0 Å². The van der Waals surface area contributed by atoms with Crippen LogP contribution in [0.25, 0.3) is 0 Å². The SMILES string of the molecule is CN(C)CCNC(CO)c1ccc(F)c(F)c1. The lowest BCUT2D eigenvalue weighted by atomic mass is 10.1. The molecule has 3 nitrogen and oxygen atoms in total. The summed E-state index contributed by atoms with van der Waals surface area (Å²) in [4.78, 5) is 1.99. The van der Waals surface area contributed by atoms with E-state index in [9.17, 15) is 13.9 Å². The highest BCUT2D eigenvalue weighted by molar-refractivity contribution is 5.21. The number of likely N-dealkylation sites (N-methyl/N-ethyl adjacent to an activating group) is 1. The molecule has 2 N–H and O–H groups in total. The fraction of sp³-hybridized carbons (Fsp3) is 0.500. The van der Waals surface area contributed by atoms with Gasteiger partial charge in [0.2, 0.25) is 0 Å². The van der Waals surface area contributed by atoms with Crippen LogP contribution in [0.2, 0.25) is 0 Å². The first-order chi connectivity index (χ1) is 8.04. The van der Waals surface area contributed by atoms with Gasteiger partial charge in [0, 0.05) is 13.1 Å². The molecule has 0 saturated carbocycles. The zero-order valence-corrected chi connectivity index (χ0v) is 10.1. The van der Waals surface area contributed by atoms with Gasteiger partial charge in [0.05, 0.1) is 12.6 Å². The molecule has 5 heteroatoms. The average Bonchev–Trinajstić information content (AvgIpc) is 2.28. The Morgan fingerprint density at radius 2 is 2.00 bits per heavy atom. The van der Waals surface area contributed by atoms with Crippen molar-refractivity contribution in [2.75, 3.05) is 33.8 Å². The van der Waals surface area contributed by atoms with Crippen LogP contribution in [0.15, 0.2) is 18.2 Å². The monoisotopic (exact) mass is 244 g/mol. The van der Waals surface area contributed by atoms with Crippen LogP contribution in [-0.2, 0) is 0 Å². The lowest BCUT2D eigenvalue weighted by molar-refractivity contribution is 0.240. The predicted molar refractivity (Wildman–Crippen MR) is 62.7 cm³/mol. The molecule has 0 radical (unpaired) electrons. The summed E-state index contributed by atoms with van der Waals surface area (Å²) >= 11 is 0.